The van der Waals surface area contributed by atoms with E-state index in [0.29, 0.717) is 23.9 Å². The first kappa shape index (κ1) is 19.4. The largest absolute Gasteiger partial charge is 0.489 e. The summed E-state index contributed by atoms with van der Waals surface area (Å²) in [5.74, 6) is 0.789. The van der Waals surface area contributed by atoms with Crippen molar-refractivity contribution >= 4 is 17.5 Å². The summed E-state index contributed by atoms with van der Waals surface area (Å²) in [7, 11) is 0. The highest BCUT2D eigenvalue weighted by Gasteiger charge is 2.11. The average molecular weight is 376 g/mol. The molecule has 3 rings (SSSR count). The minimum Gasteiger partial charge on any atom is -0.489 e. The zero-order valence-electron chi connectivity index (χ0n) is 16.3. The number of hydrogen-bond donors (Lipinski definition) is 2. The predicted molar refractivity (Wildman–Crippen MR) is 110 cm³/mol. The molecule has 3 aromatic rings. The van der Waals surface area contributed by atoms with Crippen molar-refractivity contribution in [2.75, 3.05) is 5.32 Å². The molecule has 0 aliphatic heterocycles. The second-order valence-corrected chi connectivity index (χ2v) is 6.72. The summed E-state index contributed by atoms with van der Waals surface area (Å²) in [4.78, 5) is 21.0. The Morgan fingerprint density at radius 1 is 1.11 bits per heavy atom. The molecule has 0 atom stereocenters. The monoisotopic (exact) mass is 376 g/mol. The number of anilines is 2. The number of nitrogens with zero attached hydrogens (tertiary/aromatic N) is 2. The lowest BCUT2D eigenvalue weighted by molar-refractivity contribution is 0.0946. The van der Waals surface area contributed by atoms with Crippen LogP contribution in [0.15, 0.2) is 60.8 Å². The van der Waals surface area contributed by atoms with Gasteiger partial charge in [-0.15, -0.1) is 0 Å². The Morgan fingerprint density at radius 2 is 1.93 bits per heavy atom. The zero-order valence-corrected chi connectivity index (χ0v) is 16.3. The molecule has 0 unspecified atom stereocenters. The van der Waals surface area contributed by atoms with Crippen molar-refractivity contribution in [3.63, 3.8) is 0 Å². The highest BCUT2D eigenvalue weighted by molar-refractivity contribution is 5.92. The Kier molecular flexibility index (Phi) is 6.22. The first-order valence-corrected chi connectivity index (χ1v) is 9.21. The Morgan fingerprint density at radius 3 is 2.71 bits per heavy atom. The van der Waals surface area contributed by atoms with Gasteiger partial charge < -0.3 is 15.4 Å². The number of carbonyl (C=O) groups is 1. The van der Waals surface area contributed by atoms with Gasteiger partial charge in [-0.2, -0.15) is 0 Å². The second-order valence-electron chi connectivity index (χ2n) is 6.72. The van der Waals surface area contributed by atoms with E-state index in [-0.39, 0.29) is 12.0 Å². The number of aromatic nitrogens is 2. The standard InChI is InChI=1S/C22H24N4O2/c1-15(2)28-20-10-5-4-9-18(20)25-22-23-12-11-19(26-22)21(27)24-14-17-8-6-7-16(3)13-17/h4-13,15H,14H2,1-3H3,(H,24,27)(H,23,25,26). The lowest BCUT2D eigenvalue weighted by atomic mass is 10.1. The highest BCUT2D eigenvalue weighted by Crippen LogP contribution is 2.27. The fourth-order valence-electron chi connectivity index (χ4n) is 2.69. The lowest BCUT2D eigenvalue weighted by Crippen LogP contribution is -2.24. The van der Waals surface area contributed by atoms with E-state index >= 15 is 0 Å². The predicted octanol–water partition coefficient (Wildman–Crippen LogP) is 4.25. The lowest BCUT2D eigenvalue weighted by Gasteiger charge is -2.14. The van der Waals surface area contributed by atoms with Crippen molar-refractivity contribution in [2.45, 2.75) is 33.4 Å². The van der Waals surface area contributed by atoms with Crippen LogP contribution in [0.25, 0.3) is 0 Å². The molecule has 0 aliphatic carbocycles. The van der Waals surface area contributed by atoms with Crippen molar-refractivity contribution < 1.29 is 9.53 Å². The summed E-state index contributed by atoms with van der Waals surface area (Å²) in [5, 5.41) is 6.02. The van der Waals surface area contributed by atoms with E-state index in [9.17, 15) is 4.79 Å². The number of benzene rings is 2. The van der Waals surface area contributed by atoms with Crippen LogP contribution in [0.2, 0.25) is 0 Å². The van der Waals surface area contributed by atoms with Crippen LogP contribution in [-0.4, -0.2) is 22.0 Å². The van der Waals surface area contributed by atoms with Gasteiger partial charge in [-0.1, -0.05) is 42.0 Å². The summed E-state index contributed by atoms with van der Waals surface area (Å²) in [5.41, 5.74) is 3.24. The van der Waals surface area contributed by atoms with E-state index in [1.54, 1.807) is 12.3 Å². The van der Waals surface area contributed by atoms with Gasteiger partial charge in [-0.05, 0) is 44.5 Å². The quantitative estimate of drug-likeness (QED) is 0.645. The van der Waals surface area contributed by atoms with Crippen LogP contribution in [0.5, 0.6) is 5.75 Å². The van der Waals surface area contributed by atoms with E-state index in [1.807, 2.05) is 69.3 Å². The van der Waals surface area contributed by atoms with Gasteiger partial charge in [-0.3, -0.25) is 4.79 Å². The second kappa shape index (κ2) is 8.99. The Hall–Kier alpha value is -3.41. The van der Waals surface area contributed by atoms with Gasteiger partial charge in [0.15, 0.2) is 0 Å². The number of nitrogens with one attached hydrogen (secondary N) is 2. The van der Waals surface area contributed by atoms with Crippen LogP contribution < -0.4 is 15.4 Å². The van der Waals surface area contributed by atoms with Crippen LogP contribution in [0.1, 0.15) is 35.5 Å². The third-order valence-corrected chi connectivity index (χ3v) is 3.92. The molecule has 2 N–H and O–H groups in total. The molecule has 1 heterocycles. The first-order chi connectivity index (χ1) is 13.5. The third-order valence-electron chi connectivity index (χ3n) is 3.92. The van der Waals surface area contributed by atoms with Gasteiger partial charge in [0.2, 0.25) is 5.95 Å². The van der Waals surface area contributed by atoms with Gasteiger partial charge >= 0.3 is 0 Å². The van der Waals surface area contributed by atoms with Gasteiger partial charge in [0.05, 0.1) is 11.8 Å². The van der Waals surface area contributed by atoms with E-state index in [0.717, 1.165) is 16.8 Å². The number of hydrogen-bond acceptors (Lipinski definition) is 5. The fraction of sp³-hybridized carbons (Fsp3) is 0.227. The maximum absolute atomic E-state index is 12.5. The van der Waals surface area contributed by atoms with E-state index in [1.165, 1.54) is 0 Å². The molecule has 0 radical (unpaired) electrons. The molecule has 2 aromatic carbocycles. The number of ether oxygens (including phenoxy) is 1. The molecule has 0 bridgehead atoms. The van der Waals surface area contributed by atoms with Gasteiger partial charge in [0.1, 0.15) is 11.4 Å². The minimum absolute atomic E-state index is 0.0441. The van der Waals surface area contributed by atoms with Gasteiger partial charge in [0.25, 0.3) is 5.91 Å². The molecule has 1 amide bonds. The van der Waals surface area contributed by atoms with Gasteiger partial charge in [0, 0.05) is 12.7 Å². The summed E-state index contributed by atoms with van der Waals surface area (Å²) >= 11 is 0. The molecule has 1 aromatic heterocycles. The van der Waals surface area contributed by atoms with Crippen LogP contribution in [-0.2, 0) is 6.54 Å². The van der Waals surface area contributed by atoms with Crippen molar-refractivity contribution in [1.82, 2.24) is 15.3 Å². The average Bonchev–Trinajstić information content (AvgIpc) is 2.67. The molecular formula is C22H24N4O2. The molecule has 28 heavy (non-hydrogen) atoms. The van der Waals surface area contributed by atoms with Crippen molar-refractivity contribution in [3.8, 4) is 5.75 Å². The molecular weight excluding hydrogens is 352 g/mol. The molecule has 0 aliphatic rings. The number of carbonyl (C=O) groups excluding carboxylic acids is 1. The maximum Gasteiger partial charge on any atom is 0.270 e. The smallest absolute Gasteiger partial charge is 0.270 e. The normalized spacial score (nSPS) is 10.6. The molecule has 0 spiro atoms. The van der Waals surface area contributed by atoms with Crippen molar-refractivity contribution in [2.24, 2.45) is 0 Å². The van der Waals surface area contributed by atoms with E-state index < -0.39 is 0 Å². The van der Waals surface area contributed by atoms with Crippen LogP contribution in [0.4, 0.5) is 11.6 Å². The molecule has 0 saturated heterocycles. The van der Waals surface area contributed by atoms with Crippen LogP contribution in [0, 0.1) is 6.92 Å². The third kappa shape index (κ3) is 5.30. The summed E-state index contributed by atoms with van der Waals surface area (Å²) in [6, 6.07) is 17.2. The number of rotatable bonds is 7. The molecule has 6 nitrogen and oxygen atoms in total. The Balaban J connectivity index is 1.69. The number of amides is 1. The number of para-hydroxylation sites is 2. The van der Waals surface area contributed by atoms with Crippen molar-refractivity contribution in [3.05, 3.63) is 77.6 Å². The minimum atomic E-state index is -0.251. The van der Waals surface area contributed by atoms with Crippen LogP contribution >= 0.6 is 0 Å². The topological polar surface area (TPSA) is 76.1 Å². The van der Waals surface area contributed by atoms with E-state index in [2.05, 4.69) is 20.6 Å². The fourth-order valence-corrected chi connectivity index (χ4v) is 2.69. The van der Waals surface area contributed by atoms with Crippen LogP contribution in [0.3, 0.4) is 0 Å². The summed E-state index contributed by atoms with van der Waals surface area (Å²) in [6.07, 6.45) is 1.60. The zero-order chi connectivity index (χ0) is 19.9. The molecule has 6 heteroatoms. The molecule has 0 saturated carbocycles. The maximum atomic E-state index is 12.5. The van der Waals surface area contributed by atoms with E-state index in [4.69, 9.17) is 4.74 Å². The SMILES string of the molecule is Cc1cccc(CNC(=O)c2ccnc(Nc3ccccc3OC(C)C)n2)c1. The van der Waals surface area contributed by atoms with Crippen molar-refractivity contribution in [1.29, 1.82) is 0 Å². The number of aryl methyl sites for hydroxylation is 1. The van der Waals surface area contributed by atoms with Gasteiger partial charge in [-0.25, -0.2) is 9.97 Å². The molecule has 0 fully saturated rings. The highest BCUT2D eigenvalue weighted by atomic mass is 16.5. The Bertz CT molecular complexity index is 957. The Labute approximate surface area is 165 Å². The summed E-state index contributed by atoms with van der Waals surface area (Å²) in [6.45, 7) is 6.39. The first-order valence-electron chi connectivity index (χ1n) is 9.21. The molecule has 144 valence electrons. The summed E-state index contributed by atoms with van der Waals surface area (Å²) < 4.78 is 5.80.